The number of alkyl carbamates (subject to hydrolysis) is 1. The normalized spacial score (nSPS) is 23.5. The fourth-order valence-electron chi connectivity index (χ4n) is 6.95. The molecule has 3 aliphatic rings. The zero-order valence-electron chi connectivity index (χ0n) is 23.6. The Morgan fingerprint density at radius 3 is 2.21 bits per heavy atom. The molecule has 1 saturated carbocycles. The molecule has 1 saturated heterocycles. The highest BCUT2D eigenvalue weighted by molar-refractivity contribution is 5.91. The maximum absolute atomic E-state index is 13.9. The summed E-state index contributed by atoms with van der Waals surface area (Å²) < 4.78 is 5.84. The molecule has 1 unspecified atom stereocenters. The third-order valence-electron chi connectivity index (χ3n) is 9.12. The van der Waals surface area contributed by atoms with E-state index in [1.807, 2.05) is 54.6 Å². The molecule has 3 aromatic carbocycles. The minimum atomic E-state index is -1.22. The van der Waals surface area contributed by atoms with E-state index in [2.05, 4.69) is 39.8 Å². The molecule has 3 aromatic rings. The number of hydrogen-bond acceptors (Lipinski definition) is 5. The molecule has 3 N–H and O–H groups in total. The van der Waals surface area contributed by atoms with Gasteiger partial charge in [-0.15, -0.1) is 0 Å². The van der Waals surface area contributed by atoms with Crippen LogP contribution in [0.25, 0.3) is 11.1 Å². The number of likely N-dealkylation sites (tertiary alicyclic amines) is 1. The first-order valence-electron chi connectivity index (χ1n) is 14.9. The monoisotopic (exact) mass is 567 g/mol. The molecule has 6 rings (SSSR count). The molecule has 2 fully saturated rings. The highest BCUT2D eigenvalue weighted by Crippen LogP contribution is 2.44. The van der Waals surface area contributed by atoms with E-state index in [1.165, 1.54) is 0 Å². The molecule has 2 aliphatic carbocycles. The highest BCUT2D eigenvalue weighted by Gasteiger charge is 2.48. The molecule has 1 aliphatic heterocycles. The molecule has 0 spiro atoms. The molecule has 0 bridgehead atoms. The van der Waals surface area contributed by atoms with E-state index in [-0.39, 0.29) is 18.4 Å². The van der Waals surface area contributed by atoms with Crippen molar-refractivity contribution < 1.29 is 24.2 Å². The largest absolute Gasteiger partial charge is 0.481 e. The van der Waals surface area contributed by atoms with Gasteiger partial charge in [-0.3, -0.25) is 14.5 Å². The number of rotatable bonds is 8. The Bertz CT molecular complexity index is 1410. The Morgan fingerprint density at radius 2 is 1.52 bits per heavy atom. The molecular weight excluding hydrogens is 530 g/mol. The third kappa shape index (κ3) is 5.63. The summed E-state index contributed by atoms with van der Waals surface area (Å²) in [5.41, 5.74) is 4.42. The number of carboxylic acid groups (broad SMARTS) is 1. The summed E-state index contributed by atoms with van der Waals surface area (Å²) in [6, 6.07) is 25.9. The van der Waals surface area contributed by atoms with E-state index in [0.717, 1.165) is 40.7 Å². The smallest absolute Gasteiger partial charge is 0.408 e. The van der Waals surface area contributed by atoms with Gasteiger partial charge in [0.25, 0.3) is 0 Å². The van der Waals surface area contributed by atoms with Crippen molar-refractivity contribution in [2.45, 2.75) is 56.1 Å². The number of aliphatic carboxylic acids is 1. The molecule has 0 radical (unpaired) electrons. The second-order valence-corrected chi connectivity index (χ2v) is 11.8. The van der Waals surface area contributed by atoms with Gasteiger partial charge in [0.05, 0.1) is 5.92 Å². The van der Waals surface area contributed by atoms with Crippen LogP contribution in [0, 0.1) is 5.92 Å². The van der Waals surface area contributed by atoms with Crippen LogP contribution in [0.2, 0.25) is 0 Å². The summed E-state index contributed by atoms with van der Waals surface area (Å²) in [6.45, 7) is 1.71. The van der Waals surface area contributed by atoms with Gasteiger partial charge in [0, 0.05) is 31.6 Å². The fourth-order valence-corrected chi connectivity index (χ4v) is 6.95. The van der Waals surface area contributed by atoms with Crippen LogP contribution in [0.5, 0.6) is 0 Å². The molecular formula is C34H37N3O5. The molecule has 8 nitrogen and oxygen atoms in total. The topological polar surface area (TPSA) is 108 Å². The number of carboxylic acids is 1. The van der Waals surface area contributed by atoms with Crippen molar-refractivity contribution in [2.75, 3.05) is 19.7 Å². The van der Waals surface area contributed by atoms with Crippen LogP contribution in [-0.2, 0) is 20.9 Å². The molecule has 1 heterocycles. The maximum atomic E-state index is 13.9. The van der Waals surface area contributed by atoms with E-state index >= 15 is 0 Å². The van der Waals surface area contributed by atoms with Gasteiger partial charge < -0.3 is 20.5 Å². The van der Waals surface area contributed by atoms with Gasteiger partial charge in [-0.25, -0.2) is 4.79 Å². The van der Waals surface area contributed by atoms with Gasteiger partial charge in [0.1, 0.15) is 12.1 Å². The van der Waals surface area contributed by atoms with Crippen LogP contribution in [0.15, 0.2) is 78.9 Å². The first-order valence-corrected chi connectivity index (χ1v) is 14.9. The third-order valence-corrected chi connectivity index (χ3v) is 9.12. The van der Waals surface area contributed by atoms with E-state index in [4.69, 9.17) is 4.74 Å². The summed E-state index contributed by atoms with van der Waals surface area (Å²) in [7, 11) is 0. The summed E-state index contributed by atoms with van der Waals surface area (Å²) in [4.78, 5) is 41.4. The van der Waals surface area contributed by atoms with Gasteiger partial charge in [-0.05, 0) is 47.1 Å². The number of ether oxygens (including phenoxy) is 1. The van der Waals surface area contributed by atoms with Crippen molar-refractivity contribution in [3.05, 3.63) is 95.6 Å². The van der Waals surface area contributed by atoms with Crippen molar-refractivity contribution in [3.63, 3.8) is 0 Å². The average molecular weight is 568 g/mol. The van der Waals surface area contributed by atoms with Gasteiger partial charge in [-0.1, -0.05) is 91.7 Å². The zero-order valence-corrected chi connectivity index (χ0v) is 23.6. The Hall–Kier alpha value is -4.17. The van der Waals surface area contributed by atoms with Crippen LogP contribution in [-0.4, -0.2) is 59.3 Å². The lowest BCUT2D eigenvalue weighted by Gasteiger charge is -2.35. The average Bonchev–Trinajstić information content (AvgIpc) is 3.56. The van der Waals surface area contributed by atoms with Crippen LogP contribution in [0.1, 0.15) is 54.7 Å². The Morgan fingerprint density at radius 1 is 0.881 bits per heavy atom. The summed E-state index contributed by atoms with van der Waals surface area (Å²) in [5.74, 6) is -1.96. The fraction of sp³-hybridized carbons (Fsp3) is 0.382. The lowest BCUT2D eigenvalue weighted by molar-refractivity contribution is -0.144. The summed E-state index contributed by atoms with van der Waals surface area (Å²) >= 11 is 0. The number of carbonyl (C=O) groups excluding carboxylic acids is 2. The lowest BCUT2D eigenvalue weighted by atomic mass is 9.83. The quantitative estimate of drug-likeness (QED) is 0.356. The minimum absolute atomic E-state index is 0.0929. The van der Waals surface area contributed by atoms with Gasteiger partial charge in [0.15, 0.2) is 0 Å². The van der Waals surface area contributed by atoms with E-state index in [9.17, 15) is 19.5 Å². The summed E-state index contributed by atoms with van der Waals surface area (Å²) in [6.07, 6.45) is 2.59. The minimum Gasteiger partial charge on any atom is -0.481 e. The van der Waals surface area contributed by atoms with Crippen LogP contribution in [0.4, 0.5) is 4.79 Å². The lowest BCUT2D eigenvalue weighted by Crippen LogP contribution is -2.63. The summed E-state index contributed by atoms with van der Waals surface area (Å²) in [5, 5.41) is 15.7. The van der Waals surface area contributed by atoms with E-state index < -0.39 is 29.6 Å². The predicted molar refractivity (Wildman–Crippen MR) is 159 cm³/mol. The van der Waals surface area contributed by atoms with Gasteiger partial charge in [0.2, 0.25) is 5.91 Å². The number of benzene rings is 3. The molecule has 8 heteroatoms. The SMILES string of the molecule is O=C(NC1(C(=O)N[C@@H]2CCCC[C@@H]2C(=O)O)CCN(Cc2ccccc2)C1)OCC1c2ccccc2-c2ccccc21. The van der Waals surface area contributed by atoms with Crippen molar-refractivity contribution >= 4 is 18.0 Å². The van der Waals surface area contributed by atoms with Gasteiger partial charge >= 0.3 is 12.1 Å². The Kier molecular flexibility index (Phi) is 7.98. The zero-order chi connectivity index (χ0) is 29.1. The number of hydrogen-bond donors (Lipinski definition) is 3. The van der Waals surface area contributed by atoms with Crippen LogP contribution >= 0.6 is 0 Å². The van der Waals surface area contributed by atoms with Crippen molar-refractivity contribution in [1.29, 1.82) is 0 Å². The Balaban J connectivity index is 1.18. The van der Waals surface area contributed by atoms with Crippen molar-refractivity contribution in [2.24, 2.45) is 5.92 Å². The molecule has 218 valence electrons. The Labute approximate surface area is 246 Å². The van der Waals surface area contributed by atoms with Crippen LogP contribution in [0.3, 0.4) is 0 Å². The number of fused-ring (bicyclic) bond motifs is 3. The molecule has 0 aromatic heterocycles. The molecule has 42 heavy (non-hydrogen) atoms. The number of nitrogens with one attached hydrogen (secondary N) is 2. The predicted octanol–water partition coefficient (Wildman–Crippen LogP) is 4.93. The first-order chi connectivity index (χ1) is 20.4. The highest BCUT2D eigenvalue weighted by atomic mass is 16.5. The first kappa shape index (κ1) is 28.0. The van der Waals surface area contributed by atoms with Gasteiger partial charge in [-0.2, -0.15) is 0 Å². The second-order valence-electron chi connectivity index (χ2n) is 11.8. The molecule has 2 amide bonds. The van der Waals surface area contributed by atoms with Crippen molar-refractivity contribution in [1.82, 2.24) is 15.5 Å². The standard InChI is InChI=1S/C34H37N3O5/c38-31(39)28-16-8-9-17-30(28)35-32(40)34(18-19-37(22-34)20-23-10-2-1-3-11-23)36-33(41)42-21-29-26-14-6-4-12-24(26)25-13-5-7-15-27(25)29/h1-7,10-15,28-30H,8-9,16-22H2,(H,35,40)(H,36,41)(H,38,39)/t28-,30+,34?/m0/s1. The maximum Gasteiger partial charge on any atom is 0.408 e. The number of nitrogens with zero attached hydrogens (tertiary/aromatic N) is 1. The number of carbonyl (C=O) groups is 3. The van der Waals surface area contributed by atoms with Crippen LogP contribution < -0.4 is 10.6 Å². The van der Waals surface area contributed by atoms with E-state index in [0.29, 0.717) is 38.9 Å². The van der Waals surface area contributed by atoms with E-state index in [1.54, 1.807) is 0 Å². The molecule has 3 atom stereocenters. The number of amides is 2. The second kappa shape index (κ2) is 12.0. The van der Waals surface area contributed by atoms with Crippen molar-refractivity contribution in [3.8, 4) is 11.1 Å².